The first kappa shape index (κ1) is 17.1. The lowest BCUT2D eigenvalue weighted by molar-refractivity contribution is -0.117. The van der Waals surface area contributed by atoms with Crippen molar-refractivity contribution in [2.75, 3.05) is 31.4 Å². The third-order valence-corrected chi connectivity index (χ3v) is 5.03. The van der Waals surface area contributed by atoms with Crippen molar-refractivity contribution in [1.29, 1.82) is 0 Å². The van der Waals surface area contributed by atoms with Crippen LogP contribution >= 0.6 is 0 Å². The van der Waals surface area contributed by atoms with Crippen LogP contribution in [-0.2, 0) is 4.79 Å². The molecule has 0 spiro atoms. The second kappa shape index (κ2) is 6.46. The first-order valence-corrected chi connectivity index (χ1v) is 8.95. The van der Waals surface area contributed by atoms with Crippen molar-refractivity contribution in [3.8, 4) is 0 Å². The normalized spacial score (nSPS) is 16.1. The molecule has 0 saturated heterocycles. The van der Waals surface area contributed by atoms with E-state index in [4.69, 9.17) is 4.98 Å². The lowest BCUT2D eigenvalue weighted by Crippen LogP contribution is -2.33. The summed E-state index contributed by atoms with van der Waals surface area (Å²) < 4.78 is 2.11. The van der Waals surface area contributed by atoms with Crippen LogP contribution in [0, 0.1) is 0 Å². The number of carbonyl (C=O) groups is 1. The summed E-state index contributed by atoms with van der Waals surface area (Å²) in [6.07, 6.45) is 0. The second-order valence-corrected chi connectivity index (χ2v) is 6.93. The third-order valence-electron chi connectivity index (χ3n) is 5.03. The number of nitrogens with one attached hydrogen (secondary N) is 2. The monoisotopic (exact) mass is 361 g/mol. The van der Waals surface area contributed by atoms with Gasteiger partial charge < -0.3 is 15.5 Å². The van der Waals surface area contributed by atoms with E-state index in [0.29, 0.717) is 5.57 Å². The van der Waals surface area contributed by atoms with Gasteiger partial charge in [0.15, 0.2) is 0 Å². The first-order chi connectivity index (χ1) is 13.0. The number of para-hydroxylation sites is 2. The Morgan fingerprint density at radius 3 is 2.52 bits per heavy atom. The van der Waals surface area contributed by atoms with Crippen LogP contribution in [0.25, 0.3) is 11.0 Å². The molecule has 27 heavy (non-hydrogen) atoms. The Kier molecular flexibility index (Phi) is 4.11. The molecule has 0 bridgehead atoms. The van der Waals surface area contributed by atoms with Crippen LogP contribution in [0.3, 0.4) is 0 Å². The van der Waals surface area contributed by atoms with Crippen LogP contribution in [-0.4, -0.2) is 36.6 Å². The number of aromatic nitrogens is 2. The average molecular weight is 361 g/mol. The molecule has 2 N–H and O–H groups in total. The van der Waals surface area contributed by atoms with E-state index < -0.39 is 0 Å². The maximum Gasteiger partial charge on any atom is 0.251 e. The van der Waals surface area contributed by atoms with Gasteiger partial charge in [-0.25, -0.2) is 4.98 Å². The minimum Gasteiger partial charge on any atom is -0.378 e. The van der Waals surface area contributed by atoms with Crippen molar-refractivity contribution in [2.45, 2.75) is 13.0 Å². The van der Waals surface area contributed by atoms with Gasteiger partial charge in [-0.2, -0.15) is 0 Å². The molecule has 0 saturated carbocycles. The van der Waals surface area contributed by atoms with Gasteiger partial charge in [0.1, 0.15) is 0 Å². The number of anilines is 2. The molecular weight excluding hydrogens is 338 g/mol. The predicted octanol–water partition coefficient (Wildman–Crippen LogP) is 3.14. The summed E-state index contributed by atoms with van der Waals surface area (Å²) in [4.78, 5) is 19.5. The highest BCUT2D eigenvalue weighted by Gasteiger charge is 2.33. The fourth-order valence-electron chi connectivity index (χ4n) is 3.66. The predicted molar refractivity (Wildman–Crippen MR) is 109 cm³/mol. The number of imidazole rings is 1. The Morgan fingerprint density at radius 1 is 1.15 bits per heavy atom. The fourth-order valence-corrected chi connectivity index (χ4v) is 3.66. The maximum atomic E-state index is 12.8. The molecule has 1 atom stereocenters. The molecule has 3 aromatic rings. The van der Waals surface area contributed by atoms with E-state index in [1.807, 2.05) is 45.3 Å². The Labute approximate surface area is 158 Å². The number of hydrogen-bond donors (Lipinski definition) is 2. The van der Waals surface area contributed by atoms with Gasteiger partial charge in [0.25, 0.3) is 5.91 Å². The highest BCUT2D eigenvalue weighted by Crippen LogP contribution is 2.39. The zero-order valence-electron chi connectivity index (χ0n) is 15.9. The molecular formula is C21H23N5O. The summed E-state index contributed by atoms with van der Waals surface area (Å²) in [5.74, 6) is 0.660. The minimum absolute atomic E-state index is 0.0925. The molecule has 1 aliphatic heterocycles. The Hall–Kier alpha value is -3.28. The Morgan fingerprint density at radius 2 is 1.85 bits per heavy atom. The molecule has 0 aliphatic carbocycles. The number of benzene rings is 2. The van der Waals surface area contributed by atoms with Gasteiger partial charge in [0, 0.05) is 32.5 Å². The number of rotatable bonds is 3. The molecule has 2 aromatic carbocycles. The lowest BCUT2D eigenvalue weighted by Gasteiger charge is -2.30. The average Bonchev–Trinajstić information content (AvgIpc) is 3.04. The highest BCUT2D eigenvalue weighted by atomic mass is 16.1. The number of amides is 1. The van der Waals surface area contributed by atoms with Crippen LogP contribution in [0.1, 0.15) is 18.5 Å². The minimum atomic E-state index is -0.246. The molecule has 6 nitrogen and oxygen atoms in total. The van der Waals surface area contributed by atoms with Gasteiger partial charge in [0.05, 0.1) is 22.6 Å². The molecule has 1 amide bonds. The van der Waals surface area contributed by atoms with E-state index in [1.165, 1.54) is 0 Å². The van der Waals surface area contributed by atoms with E-state index in [-0.39, 0.29) is 11.9 Å². The van der Waals surface area contributed by atoms with E-state index in [2.05, 4.69) is 44.4 Å². The van der Waals surface area contributed by atoms with Crippen LogP contribution in [0.5, 0.6) is 0 Å². The van der Waals surface area contributed by atoms with Gasteiger partial charge >= 0.3 is 0 Å². The lowest BCUT2D eigenvalue weighted by atomic mass is 9.94. The van der Waals surface area contributed by atoms with Gasteiger partial charge in [-0.05, 0) is 36.8 Å². The summed E-state index contributed by atoms with van der Waals surface area (Å²) in [6.45, 7) is 1.93. The number of allylic oxidation sites excluding steroid dienone is 1. The smallest absolute Gasteiger partial charge is 0.251 e. The van der Waals surface area contributed by atoms with Crippen LogP contribution in [0.2, 0.25) is 0 Å². The summed E-state index contributed by atoms with van der Waals surface area (Å²) in [5, 5.41) is 6.09. The van der Waals surface area contributed by atoms with Gasteiger partial charge in [0.2, 0.25) is 5.95 Å². The van der Waals surface area contributed by atoms with Crippen molar-refractivity contribution in [3.63, 3.8) is 0 Å². The van der Waals surface area contributed by atoms with Crippen molar-refractivity contribution in [3.05, 3.63) is 65.4 Å². The highest BCUT2D eigenvalue weighted by molar-refractivity contribution is 5.97. The van der Waals surface area contributed by atoms with E-state index in [0.717, 1.165) is 33.9 Å². The van der Waals surface area contributed by atoms with Gasteiger partial charge in [-0.1, -0.05) is 24.3 Å². The zero-order valence-corrected chi connectivity index (χ0v) is 15.9. The van der Waals surface area contributed by atoms with E-state index in [9.17, 15) is 4.79 Å². The maximum absolute atomic E-state index is 12.8. The Bertz CT molecular complexity index is 1050. The summed E-state index contributed by atoms with van der Waals surface area (Å²) in [7, 11) is 5.69. The number of likely N-dealkylation sites (N-methyl/N-ethyl adjacent to an activating group) is 1. The number of fused-ring (bicyclic) bond motifs is 3. The summed E-state index contributed by atoms with van der Waals surface area (Å²) >= 11 is 0. The van der Waals surface area contributed by atoms with Crippen molar-refractivity contribution in [1.82, 2.24) is 14.9 Å². The summed E-state index contributed by atoms with van der Waals surface area (Å²) in [5.41, 5.74) is 5.58. The van der Waals surface area contributed by atoms with E-state index >= 15 is 0 Å². The van der Waals surface area contributed by atoms with Crippen molar-refractivity contribution in [2.24, 2.45) is 0 Å². The molecule has 1 aliphatic rings. The molecule has 6 heteroatoms. The van der Waals surface area contributed by atoms with E-state index in [1.54, 1.807) is 7.05 Å². The SMILES string of the molecule is CNC(=O)C1=C(C)Nc2nc3ccccc3n2C1c1ccc(N(C)C)cc1. The first-order valence-electron chi connectivity index (χ1n) is 8.95. The standard InChI is InChI=1S/C21H23N5O/c1-13-18(20(27)22-2)19(14-9-11-15(12-10-14)25(3)4)26-17-8-6-5-7-16(17)24-21(26)23-13/h5-12,19H,1-4H3,(H,22,27)(H,23,24). The molecule has 1 unspecified atom stereocenters. The molecule has 0 fully saturated rings. The van der Waals surface area contributed by atoms with Crippen molar-refractivity contribution >= 4 is 28.6 Å². The largest absolute Gasteiger partial charge is 0.378 e. The van der Waals surface area contributed by atoms with Crippen LogP contribution in [0.15, 0.2) is 59.8 Å². The molecule has 1 aromatic heterocycles. The quantitative estimate of drug-likeness (QED) is 0.752. The topological polar surface area (TPSA) is 62.2 Å². The molecule has 0 radical (unpaired) electrons. The third kappa shape index (κ3) is 2.73. The molecule has 2 heterocycles. The summed E-state index contributed by atoms with van der Waals surface area (Å²) in [6, 6.07) is 16.1. The van der Waals surface area contributed by atoms with Gasteiger partial charge in [-0.3, -0.25) is 9.36 Å². The number of hydrogen-bond acceptors (Lipinski definition) is 4. The fraction of sp³-hybridized carbons (Fsp3) is 0.238. The zero-order chi connectivity index (χ0) is 19.1. The van der Waals surface area contributed by atoms with Gasteiger partial charge in [-0.15, -0.1) is 0 Å². The number of carbonyl (C=O) groups excluding carboxylic acids is 1. The molecule has 138 valence electrons. The van der Waals surface area contributed by atoms with Crippen LogP contribution in [0.4, 0.5) is 11.6 Å². The van der Waals surface area contributed by atoms with Crippen LogP contribution < -0.4 is 15.5 Å². The Balaban J connectivity index is 1.95. The second-order valence-electron chi connectivity index (χ2n) is 6.93. The van der Waals surface area contributed by atoms with Crippen molar-refractivity contribution < 1.29 is 4.79 Å². The number of nitrogens with zero attached hydrogens (tertiary/aromatic N) is 3. The molecule has 4 rings (SSSR count).